The fourth-order valence-corrected chi connectivity index (χ4v) is 9.73. The van der Waals surface area contributed by atoms with Gasteiger partial charge in [0.25, 0.3) is 0 Å². The number of phenols is 1. The van der Waals surface area contributed by atoms with Gasteiger partial charge in [0.05, 0.1) is 31.1 Å². The van der Waals surface area contributed by atoms with Crippen molar-refractivity contribution >= 4 is 40.9 Å². The third-order valence-electron chi connectivity index (χ3n) is 7.97. The first-order valence-corrected chi connectivity index (χ1v) is 12.9. The van der Waals surface area contributed by atoms with Gasteiger partial charge in [-0.3, -0.25) is 24.1 Å². The van der Waals surface area contributed by atoms with Crippen LogP contribution in [0.3, 0.4) is 0 Å². The number of imide groups is 1. The van der Waals surface area contributed by atoms with Crippen LogP contribution in [-0.2, 0) is 14.4 Å². The number of aromatic hydroxyl groups is 1. The fourth-order valence-electron chi connectivity index (χ4n) is 6.84. The molecule has 2 aromatic rings. The van der Waals surface area contributed by atoms with Crippen molar-refractivity contribution in [1.82, 2.24) is 9.88 Å². The summed E-state index contributed by atoms with van der Waals surface area (Å²) in [5.41, 5.74) is 0.784. The highest BCUT2D eigenvalue weighted by atomic mass is 32.2. The lowest BCUT2D eigenvalue weighted by molar-refractivity contribution is -0.149. The van der Waals surface area contributed by atoms with Gasteiger partial charge in [0.1, 0.15) is 6.54 Å². The van der Waals surface area contributed by atoms with Crippen LogP contribution in [-0.4, -0.2) is 63.9 Å². The Morgan fingerprint density at radius 1 is 1.11 bits per heavy atom. The van der Waals surface area contributed by atoms with Gasteiger partial charge >= 0.3 is 10.8 Å². The van der Waals surface area contributed by atoms with E-state index < -0.39 is 36.2 Å². The zero-order chi connectivity index (χ0) is 24.8. The molecule has 184 valence electrons. The van der Waals surface area contributed by atoms with Crippen LogP contribution in [0.15, 0.2) is 22.0 Å². The largest absolute Gasteiger partial charge is 0.502 e. The van der Waals surface area contributed by atoms with E-state index in [1.807, 2.05) is 0 Å². The number of nitrogens with one attached hydrogen (secondary N) is 1. The van der Waals surface area contributed by atoms with Crippen LogP contribution in [0.2, 0.25) is 0 Å². The van der Waals surface area contributed by atoms with Gasteiger partial charge in [0, 0.05) is 16.0 Å². The summed E-state index contributed by atoms with van der Waals surface area (Å²) in [6.07, 6.45) is 0.693. The summed E-state index contributed by atoms with van der Waals surface area (Å²) < 4.78 is 10.7. The molecule has 35 heavy (non-hydrogen) atoms. The second kappa shape index (κ2) is 7.76. The quantitative estimate of drug-likeness (QED) is 0.504. The number of carbonyl (C=O) groups is 3. The van der Waals surface area contributed by atoms with Crippen LogP contribution < -0.4 is 14.3 Å². The summed E-state index contributed by atoms with van der Waals surface area (Å²) in [6.45, 7) is -0.622. The Labute approximate surface area is 207 Å². The van der Waals surface area contributed by atoms with Crippen molar-refractivity contribution in [3.8, 4) is 17.2 Å². The lowest BCUT2D eigenvalue weighted by atomic mass is 9.68. The first-order chi connectivity index (χ1) is 16.7. The summed E-state index contributed by atoms with van der Waals surface area (Å²) in [6, 6.07) is 3.46. The van der Waals surface area contributed by atoms with Gasteiger partial charge in [-0.15, -0.1) is 11.8 Å². The zero-order valence-electron chi connectivity index (χ0n) is 18.7. The molecule has 0 spiro atoms. The molecule has 3 heterocycles. The highest BCUT2D eigenvalue weighted by Gasteiger charge is 2.69. The number of carbonyl (C=O) groups excluding carboxylic acids is 2. The number of nitrogens with zero attached hydrogens (tertiary/aromatic N) is 1. The first kappa shape index (κ1) is 22.5. The molecule has 0 radical (unpaired) electrons. The Balaban J connectivity index is 1.48. The van der Waals surface area contributed by atoms with E-state index in [1.54, 1.807) is 23.9 Å². The average Bonchev–Trinajstić information content (AvgIpc) is 3.55. The number of carboxylic acid groups (broad SMARTS) is 1. The number of phenolic OH excluding ortho intramolecular Hbond substituents is 1. The standard InChI is InChI=1S/C23H22N2O8S2/c1-32-10-3-7(4-11(33-2)17(10)28)13-14-8-5-9(18(14)34-20-19(13)35-23(31)24-20)16-15(8)21(29)25(22(16)30)6-12(26)27/h3-4,8-9,13-16,18,28H,5-6H2,1-2H3,(H,24,31)(H,26,27)/t8-,9+,13-,14+,15+,16-,18-/m1/s1. The van der Waals surface area contributed by atoms with Gasteiger partial charge < -0.3 is 24.7 Å². The number of H-pyrrole nitrogens is 1. The average molecular weight is 519 g/mol. The number of aromatic nitrogens is 1. The summed E-state index contributed by atoms with van der Waals surface area (Å²) >= 11 is 2.66. The molecule has 2 bridgehead atoms. The van der Waals surface area contributed by atoms with Crippen LogP contribution in [0.5, 0.6) is 17.2 Å². The molecule has 3 N–H and O–H groups in total. The number of rotatable bonds is 5. The Morgan fingerprint density at radius 2 is 1.74 bits per heavy atom. The predicted molar refractivity (Wildman–Crippen MR) is 124 cm³/mol. The topological polar surface area (TPSA) is 146 Å². The smallest absolute Gasteiger partial charge is 0.323 e. The first-order valence-electron chi connectivity index (χ1n) is 11.2. The third kappa shape index (κ3) is 3.02. The monoisotopic (exact) mass is 518 g/mol. The number of ether oxygens (including phenoxy) is 2. The molecule has 1 aromatic heterocycles. The Bertz CT molecular complexity index is 1310. The number of methoxy groups -OCH3 is 2. The predicted octanol–water partition coefficient (Wildman–Crippen LogP) is 1.72. The van der Waals surface area contributed by atoms with E-state index in [9.17, 15) is 29.4 Å². The minimum atomic E-state index is -1.22. The van der Waals surface area contributed by atoms with Crippen LogP contribution in [0.1, 0.15) is 22.8 Å². The van der Waals surface area contributed by atoms with Crippen LogP contribution in [0.25, 0.3) is 0 Å². The highest BCUT2D eigenvalue weighted by Crippen LogP contribution is 2.68. The van der Waals surface area contributed by atoms with Crippen molar-refractivity contribution < 1.29 is 34.1 Å². The summed E-state index contributed by atoms with van der Waals surface area (Å²) in [5, 5.41) is 20.4. The number of fused-ring (bicyclic) bond motifs is 9. The lowest BCUT2D eigenvalue weighted by Gasteiger charge is -2.43. The molecule has 2 aliphatic carbocycles. The number of aromatic amines is 1. The number of benzene rings is 1. The Morgan fingerprint density at radius 3 is 2.34 bits per heavy atom. The number of thioether (sulfide) groups is 1. The van der Waals surface area contributed by atoms with Gasteiger partial charge in [-0.1, -0.05) is 11.3 Å². The van der Waals surface area contributed by atoms with Crippen molar-refractivity contribution in [3.05, 3.63) is 32.2 Å². The zero-order valence-corrected chi connectivity index (χ0v) is 20.4. The van der Waals surface area contributed by atoms with E-state index in [4.69, 9.17) is 9.47 Å². The van der Waals surface area contributed by atoms with E-state index in [-0.39, 0.29) is 51.0 Å². The van der Waals surface area contributed by atoms with E-state index >= 15 is 0 Å². The molecule has 0 unspecified atom stereocenters. The van der Waals surface area contributed by atoms with Crippen LogP contribution in [0, 0.1) is 29.6 Å². The van der Waals surface area contributed by atoms with Gasteiger partial charge in [-0.25, -0.2) is 0 Å². The molecule has 2 aliphatic heterocycles. The lowest BCUT2D eigenvalue weighted by Crippen LogP contribution is -2.42. The van der Waals surface area contributed by atoms with Crippen molar-refractivity contribution in [2.45, 2.75) is 22.6 Å². The molecule has 2 saturated carbocycles. The van der Waals surface area contributed by atoms with Crippen molar-refractivity contribution in [3.63, 3.8) is 0 Å². The molecular weight excluding hydrogens is 496 g/mol. The van der Waals surface area contributed by atoms with Crippen molar-refractivity contribution in [1.29, 1.82) is 0 Å². The number of hydrogen-bond donors (Lipinski definition) is 3. The molecule has 1 aromatic carbocycles. The summed E-state index contributed by atoms with van der Waals surface area (Å²) in [4.78, 5) is 54.5. The van der Waals surface area contributed by atoms with Gasteiger partial charge in [-0.05, 0) is 41.9 Å². The highest BCUT2D eigenvalue weighted by molar-refractivity contribution is 8.00. The SMILES string of the molecule is COc1cc([C@H]2c3sc(=O)[nH]c3S[C@@H]3[C@H]4C[C@@H]([C@@H]5C(=O)N(CC(=O)O)C(=O)[C@H]45)[C@@H]23)cc(OC)c1O. The molecule has 7 atom stereocenters. The normalized spacial score (nSPS) is 32.4. The summed E-state index contributed by atoms with van der Waals surface area (Å²) in [5.74, 6) is -3.36. The van der Waals surface area contributed by atoms with E-state index in [0.29, 0.717) is 6.42 Å². The second-order valence-electron chi connectivity index (χ2n) is 9.39. The second-order valence-corrected chi connectivity index (χ2v) is 11.6. The molecule has 12 heteroatoms. The third-order valence-corrected chi connectivity index (χ3v) is 10.6. The molecular formula is C23H22N2O8S2. The molecule has 6 rings (SSSR count). The fraction of sp³-hybridized carbons (Fsp3) is 0.478. The number of likely N-dealkylation sites (tertiary alicyclic amines) is 1. The minimum Gasteiger partial charge on any atom is -0.502 e. The molecule has 2 amide bonds. The maximum Gasteiger partial charge on any atom is 0.323 e. The van der Waals surface area contributed by atoms with Crippen molar-refractivity contribution in [2.75, 3.05) is 20.8 Å². The maximum atomic E-state index is 13.2. The van der Waals surface area contributed by atoms with Crippen LogP contribution >= 0.6 is 23.1 Å². The number of carboxylic acids is 1. The van der Waals surface area contributed by atoms with Gasteiger partial charge in [0.15, 0.2) is 11.5 Å². The summed E-state index contributed by atoms with van der Waals surface area (Å²) in [7, 11) is 2.89. The Kier molecular flexibility index (Phi) is 4.98. The molecule has 3 fully saturated rings. The van der Waals surface area contributed by atoms with Gasteiger partial charge in [0.2, 0.25) is 17.6 Å². The van der Waals surface area contributed by atoms with Crippen molar-refractivity contribution in [2.24, 2.45) is 29.6 Å². The molecule has 10 nitrogen and oxygen atoms in total. The minimum absolute atomic E-state index is 0.0312. The number of aliphatic carboxylic acids is 1. The molecule has 1 saturated heterocycles. The van der Waals surface area contributed by atoms with Gasteiger partial charge in [-0.2, -0.15) is 0 Å². The number of hydrogen-bond acceptors (Lipinski definition) is 9. The number of thiazole rings is 1. The van der Waals surface area contributed by atoms with E-state index in [0.717, 1.165) is 31.7 Å². The Hall–Kier alpha value is -2.99. The van der Waals surface area contributed by atoms with E-state index in [1.165, 1.54) is 14.2 Å². The number of amides is 2. The van der Waals surface area contributed by atoms with E-state index in [2.05, 4.69) is 4.98 Å². The molecule has 4 aliphatic rings. The maximum absolute atomic E-state index is 13.2. The van der Waals surface area contributed by atoms with Crippen LogP contribution in [0.4, 0.5) is 0 Å².